The van der Waals surface area contributed by atoms with Gasteiger partial charge in [-0.15, -0.1) is 0 Å². The summed E-state index contributed by atoms with van der Waals surface area (Å²) in [7, 11) is 0. The Bertz CT molecular complexity index is 529. The van der Waals surface area contributed by atoms with Crippen LogP contribution in [0.2, 0.25) is 0 Å². The van der Waals surface area contributed by atoms with Gasteiger partial charge in [0.2, 0.25) is 0 Å². The van der Waals surface area contributed by atoms with Gasteiger partial charge in [0.25, 0.3) is 0 Å². The highest BCUT2D eigenvalue weighted by Crippen LogP contribution is 2.25. The number of aromatic hydroxyl groups is 1. The molecule has 2 aromatic carbocycles. The maximum absolute atomic E-state index is 13.3. The number of para-hydroxylation sites is 1. The first-order valence-electron chi connectivity index (χ1n) is 5.01. The average molecular weight is 297 g/mol. The van der Waals surface area contributed by atoms with Gasteiger partial charge < -0.3 is 9.84 Å². The van der Waals surface area contributed by atoms with Gasteiger partial charge in [-0.3, -0.25) is 0 Å². The van der Waals surface area contributed by atoms with Gasteiger partial charge in [0.1, 0.15) is 12.4 Å². The summed E-state index contributed by atoms with van der Waals surface area (Å²) in [5, 5.41) is 9.33. The summed E-state index contributed by atoms with van der Waals surface area (Å²) in [5.41, 5.74) is 0.845. The number of halogens is 2. The Hall–Kier alpha value is -1.55. The van der Waals surface area contributed by atoms with Crippen molar-refractivity contribution in [2.45, 2.75) is 6.61 Å². The number of hydrogen-bond acceptors (Lipinski definition) is 2. The molecule has 0 bridgehead atoms. The zero-order valence-corrected chi connectivity index (χ0v) is 10.4. The second kappa shape index (κ2) is 5.19. The van der Waals surface area contributed by atoms with Crippen molar-refractivity contribution in [1.82, 2.24) is 0 Å². The molecule has 0 fully saturated rings. The summed E-state index contributed by atoms with van der Waals surface area (Å²) in [5.74, 6) is 0.00156. The van der Waals surface area contributed by atoms with Gasteiger partial charge in [-0.1, -0.05) is 18.2 Å². The molecule has 2 rings (SSSR count). The second-order valence-corrected chi connectivity index (χ2v) is 4.36. The zero-order valence-electron chi connectivity index (χ0n) is 8.86. The van der Waals surface area contributed by atoms with Crippen LogP contribution in [0.3, 0.4) is 0 Å². The number of benzene rings is 2. The van der Waals surface area contributed by atoms with Crippen LogP contribution in [0.1, 0.15) is 5.56 Å². The highest BCUT2D eigenvalue weighted by atomic mass is 79.9. The normalized spacial score (nSPS) is 10.2. The van der Waals surface area contributed by atoms with Crippen LogP contribution in [0.25, 0.3) is 0 Å². The fourth-order valence-corrected chi connectivity index (χ4v) is 1.79. The first-order chi connectivity index (χ1) is 8.16. The van der Waals surface area contributed by atoms with Crippen LogP contribution < -0.4 is 4.74 Å². The lowest BCUT2D eigenvalue weighted by molar-refractivity contribution is 0.290. The number of phenols is 1. The van der Waals surface area contributed by atoms with Crippen molar-refractivity contribution >= 4 is 15.9 Å². The quantitative estimate of drug-likeness (QED) is 0.931. The van der Waals surface area contributed by atoms with Crippen LogP contribution in [0, 0.1) is 5.82 Å². The van der Waals surface area contributed by atoms with E-state index < -0.39 is 0 Å². The third kappa shape index (κ3) is 2.97. The highest BCUT2D eigenvalue weighted by molar-refractivity contribution is 9.10. The van der Waals surface area contributed by atoms with Gasteiger partial charge in [-0.25, -0.2) is 4.39 Å². The molecule has 0 aliphatic carbocycles. The maximum atomic E-state index is 13.3. The van der Waals surface area contributed by atoms with E-state index in [1.54, 1.807) is 36.4 Å². The Morgan fingerprint density at radius 2 is 1.94 bits per heavy atom. The Balaban J connectivity index is 2.08. The number of phenolic OH excluding ortho intramolecular Hbond substituents is 1. The Morgan fingerprint density at radius 3 is 2.65 bits per heavy atom. The van der Waals surface area contributed by atoms with Crippen LogP contribution in [0.4, 0.5) is 4.39 Å². The van der Waals surface area contributed by atoms with Crippen LogP contribution >= 0.6 is 15.9 Å². The molecule has 0 unspecified atom stereocenters. The molecule has 0 aromatic heterocycles. The van der Waals surface area contributed by atoms with Crippen LogP contribution in [0.5, 0.6) is 11.5 Å². The van der Waals surface area contributed by atoms with E-state index in [-0.39, 0.29) is 23.9 Å². The lowest BCUT2D eigenvalue weighted by atomic mass is 10.2. The predicted octanol–water partition coefficient (Wildman–Crippen LogP) is 3.87. The molecule has 17 heavy (non-hydrogen) atoms. The summed E-state index contributed by atoms with van der Waals surface area (Å²) in [6.45, 7) is 0.250. The molecule has 2 nitrogen and oxygen atoms in total. The molecule has 2 aromatic rings. The molecule has 0 aliphatic rings. The second-order valence-electron chi connectivity index (χ2n) is 3.50. The zero-order chi connectivity index (χ0) is 12.3. The average Bonchev–Trinajstić information content (AvgIpc) is 2.32. The van der Waals surface area contributed by atoms with E-state index in [2.05, 4.69) is 15.9 Å². The van der Waals surface area contributed by atoms with Crippen LogP contribution in [-0.2, 0) is 6.61 Å². The molecule has 0 heterocycles. The first-order valence-corrected chi connectivity index (χ1v) is 5.81. The van der Waals surface area contributed by atoms with E-state index in [4.69, 9.17) is 4.74 Å². The van der Waals surface area contributed by atoms with Gasteiger partial charge >= 0.3 is 0 Å². The minimum Gasteiger partial charge on any atom is -0.507 e. The lowest BCUT2D eigenvalue weighted by Gasteiger charge is -2.07. The Morgan fingerprint density at radius 1 is 1.18 bits per heavy atom. The standard InChI is InChI=1S/C13H10BrFO2/c14-10-7-9(5-6-12(10)16)8-17-13-4-2-1-3-11(13)15/h1-7,16H,8H2. The van der Waals surface area contributed by atoms with E-state index in [1.807, 2.05) is 0 Å². The number of hydrogen-bond donors (Lipinski definition) is 1. The van der Waals surface area contributed by atoms with Gasteiger partial charge in [-0.05, 0) is 45.8 Å². The van der Waals surface area contributed by atoms with Gasteiger partial charge in [0.05, 0.1) is 4.47 Å². The van der Waals surface area contributed by atoms with Crippen molar-refractivity contribution in [1.29, 1.82) is 0 Å². The Labute approximate surface area is 107 Å². The van der Waals surface area contributed by atoms with Crippen molar-refractivity contribution in [3.8, 4) is 11.5 Å². The number of ether oxygens (including phenoxy) is 1. The number of rotatable bonds is 3. The molecule has 0 amide bonds. The van der Waals surface area contributed by atoms with E-state index in [0.29, 0.717) is 4.47 Å². The molecule has 4 heteroatoms. The highest BCUT2D eigenvalue weighted by Gasteiger charge is 2.03. The molecular formula is C13H10BrFO2. The summed E-state index contributed by atoms with van der Waals surface area (Å²) < 4.78 is 19.2. The summed E-state index contributed by atoms with van der Waals surface area (Å²) >= 11 is 3.21. The first kappa shape index (κ1) is 11.9. The minimum atomic E-state index is -0.384. The topological polar surface area (TPSA) is 29.5 Å². The monoisotopic (exact) mass is 296 g/mol. The Kier molecular flexibility index (Phi) is 3.64. The van der Waals surface area contributed by atoms with Crippen molar-refractivity contribution in [3.05, 3.63) is 58.3 Å². The molecule has 0 atom stereocenters. The van der Waals surface area contributed by atoms with Crippen molar-refractivity contribution < 1.29 is 14.2 Å². The third-order valence-electron chi connectivity index (χ3n) is 2.24. The smallest absolute Gasteiger partial charge is 0.165 e. The summed E-state index contributed by atoms with van der Waals surface area (Å²) in [6, 6.07) is 11.3. The largest absolute Gasteiger partial charge is 0.507 e. The lowest BCUT2D eigenvalue weighted by Crippen LogP contribution is -1.97. The van der Waals surface area contributed by atoms with Gasteiger partial charge in [0.15, 0.2) is 11.6 Å². The van der Waals surface area contributed by atoms with Gasteiger partial charge in [-0.2, -0.15) is 0 Å². The molecule has 1 N–H and O–H groups in total. The van der Waals surface area contributed by atoms with Crippen molar-refractivity contribution in [2.75, 3.05) is 0 Å². The van der Waals surface area contributed by atoms with E-state index in [1.165, 1.54) is 6.07 Å². The summed E-state index contributed by atoms with van der Waals surface area (Å²) in [4.78, 5) is 0. The molecule has 0 aliphatic heterocycles. The molecule has 88 valence electrons. The van der Waals surface area contributed by atoms with Crippen molar-refractivity contribution in [3.63, 3.8) is 0 Å². The van der Waals surface area contributed by atoms with E-state index >= 15 is 0 Å². The minimum absolute atomic E-state index is 0.166. The van der Waals surface area contributed by atoms with Crippen LogP contribution in [0.15, 0.2) is 46.9 Å². The SMILES string of the molecule is Oc1ccc(COc2ccccc2F)cc1Br. The fourth-order valence-electron chi connectivity index (χ4n) is 1.36. The predicted molar refractivity (Wildman–Crippen MR) is 66.5 cm³/mol. The van der Waals surface area contributed by atoms with Gasteiger partial charge in [0, 0.05) is 0 Å². The fraction of sp³-hybridized carbons (Fsp3) is 0.0769. The molecule has 0 saturated heterocycles. The molecule has 0 saturated carbocycles. The van der Waals surface area contributed by atoms with E-state index in [0.717, 1.165) is 5.56 Å². The van der Waals surface area contributed by atoms with Crippen molar-refractivity contribution in [2.24, 2.45) is 0 Å². The molecule has 0 radical (unpaired) electrons. The maximum Gasteiger partial charge on any atom is 0.165 e. The van der Waals surface area contributed by atoms with Crippen LogP contribution in [-0.4, -0.2) is 5.11 Å². The molecule has 0 spiro atoms. The van der Waals surface area contributed by atoms with E-state index in [9.17, 15) is 9.50 Å². The molecular weight excluding hydrogens is 287 g/mol. The third-order valence-corrected chi connectivity index (χ3v) is 2.88. The summed E-state index contributed by atoms with van der Waals surface area (Å²) in [6.07, 6.45) is 0.